The van der Waals surface area contributed by atoms with E-state index < -0.39 is 0 Å². The van der Waals surface area contributed by atoms with E-state index in [2.05, 4.69) is 5.32 Å². The molecule has 3 rings (SSSR count). The molecule has 2 N–H and O–H groups in total. The zero-order valence-corrected chi connectivity index (χ0v) is 11.0. The largest absolute Gasteiger partial charge is 0.487 e. The van der Waals surface area contributed by atoms with E-state index in [9.17, 15) is 5.11 Å². The third-order valence-corrected chi connectivity index (χ3v) is 3.62. The van der Waals surface area contributed by atoms with Crippen LogP contribution in [0.5, 0.6) is 17.2 Å². The minimum atomic E-state index is -0.368. The molecule has 0 saturated heterocycles. The number of benzene rings is 1. The van der Waals surface area contributed by atoms with Crippen molar-refractivity contribution in [1.29, 1.82) is 0 Å². The number of hydrogen-bond acceptors (Lipinski definition) is 5. The van der Waals surface area contributed by atoms with E-state index in [4.69, 9.17) is 14.2 Å². The number of fused-ring (bicyclic) bond motifs is 1. The Hall–Kier alpha value is -1.46. The van der Waals surface area contributed by atoms with E-state index in [-0.39, 0.29) is 19.0 Å². The first kappa shape index (κ1) is 12.6. The highest BCUT2D eigenvalue weighted by Crippen LogP contribution is 2.39. The van der Waals surface area contributed by atoms with Crippen LogP contribution < -0.4 is 19.5 Å². The van der Waals surface area contributed by atoms with Gasteiger partial charge in [-0.2, -0.15) is 0 Å². The van der Waals surface area contributed by atoms with Crippen molar-refractivity contribution in [3.63, 3.8) is 0 Å². The Balaban J connectivity index is 1.85. The third kappa shape index (κ3) is 2.48. The maximum atomic E-state index is 9.87. The lowest BCUT2D eigenvalue weighted by atomic mass is 10.1. The van der Waals surface area contributed by atoms with Crippen molar-refractivity contribution >= 4 is 0 Å². The van der Waals surface area contributed by atoms with E-state index in [0.29, 0.717) is 12.3 Å². The quantitative estimate of drug-likeness (QED) is 0.862. The normalized spacial score (nSPS) is 24.7. The van der Waals surface area contributed by atoms with Crippen molar-refractivity contribution in [1.82, 2.24) is 5.32 Å². The fourth-order valence-corrected chi connectivity index (χ4v) is 2.61. The van der Waals surface area contributed by atoms with Gasteiger partial charge in [0.25, 0.3) is 0 Å². The summed E-state index contributed by atoms with van der Waals surface area (Å²) in [5.74, 6) is 2.23. The van der Waals surface area contributed by atoms with Crippen LogP contribution in [0.25, 0.3) is 0 Å². The molecule has 0 aromatic heterocycles. The van der Waals surface area contributed by atoms with Crippen molar-refractivity contribution in [3.8, 4) is 17.2 Å². The van der Waals surface area contributed by atoms with Gasteiger partial charge in [0, 0.05) is 18.2 Å². The number of ether oxygens (including phenoxy) is 3. The molecule has 0 spiro atoms. The van der Waals surface area contributed by atoms with Gasteiger partial charge in [0.2, 0.25) is 6.79 Å². The van der Waals surface area contributed by atoms with Crippen LogP contribution >= 0.6 is 0 Å². The average molecular weight is 265 g/mol. The Labute approximate surface area is 112 Å². The van der Waals surface area contributed by atoms with Crippen molar-refractivity contribution in [3.05, 3.63) is 17.7 Å². The first-order valence-electron chi connectivity index (χ1n) is 6.70. The molecular formula is C14H19NO4. The molecule has 1 heterocycles. The predicted octanol–water partition coefficient (Wildman–Crippen LogP) is 1.43. The zero-order chi connectivity index (χ0) is 13.2. The fraction of sp³-hybridized carbons (Fsp3) is 0.571. The molecule has 2 unspecified atom stereocenters. The SMILES string of the molecule is CNCc1cc2c(cc1OC1CCCC1O)OCO2. The summed E-state index contributed by atoms with van der Waals surface area (Å²) in [5, 5.41) is 13.0. The highest BCUT2D eigenvalue weighted by Gasteiger charge is 2.28. The highest BCUT2D eigenvalue weighted by atomic mass is 16.7. The van der Waals surface area contributed by atoms with Gasteiger partial charge < -0.3 is 24.6 Å². The summed E-state index contributed by atoms with van der Waals surface area (Å²) >= 11 is 0. The molecular weight excluding hydrogens is 246 g/mol. The maximum absolute atomic E-state index is 9.87. The summed E-state index contributed by atoms with van der Waals surface area (Å²) in [6.07, 6.45) is 2.24. The van der Waals surface area contributed by atoms with Gasteiger partial charge in [-0.15, -0.1) is 0 Å². The second kappa shape index (κ2) is 5.27. The van der Waals surface area contributed by atoms with Gasteiger partial charge in [-0.1, -0.05) is 0 Å². The average Bonchev–Trinajstić information content (AvgIpc) is 3.00. The molecule has 1 aliphatic carbocycles. The molecule has 1 saturated carbocycles. The van der Waals surface area contributed by atoms with Gasteiger partial charge in [0.1, 0.15) is 11.9 Å². The van der Waals surface area contributed by atoms with Gasteiger partial charge in [-0.25, -0.2) is 0 Å². The van der Waals surface area contributed by atoms with Crippen LogP contribution in [0.2, 0.25) is 0 Å². The molecule has 1 aliphatic heterocycles. The molecule has 0 radical (unpaired) electrons. The van der Waals surface area contributed by atoms with Crippen LogP contribution in [0.3, 0.4) is 0 Å². The Morgan fingerprint density at radius 3 is 2.79 bits per heavy atom. The minimum Gasteiger partial charge on any atom is -0.487 e. The van der Waals surface area contributed by atoms with Crippen molar-refractivity contribution in [2.24, 2.45) is 0 Å². The third-order valence-electron chi connectivity index (χ3n) is 3.62. The lowest BCUT2D eigenvalue weighted by molar-refractivity contribution is 0.0596. The Morgan fingerprint density at radius 2 is 2.11 bits per heavy atom. The predicted molar refractivity (Wildman–Crippen MR) is 69.6 cm³/mol. The summed E-state index contributed by atoms with van der Waals surface area (Å²) < 4.78 is 16.7. The van der Waals surface area contributed by atoms with Crippen LogP contribution in [0.4, 0.5) is 0 Å². The molecule has 104 valence electrons. The molecule has 5 heteroatoms. The number of aliphatic hydroxyl groups is 1. The van der Waals surface area contributed by atoms with Crippen LogP contribution in [0, 0.1) is 0 Å². The Kier molecular flexibility index (Phi) is 3.48. The zero-order valence-electron chi connectivity index (χ0n) is 11.0. The molecule has 0 amide bonds. The molecule has 0 bridgehead atoms. The van der Waals surface area contributed by atoms with Gasteiger partial charge in [0.15, 0.2) is 11.5 Å². The molecule has 5 nitrogen and oxygen atoms in total. The van der Waals surface area contributed by atoms with E-state index >= 15 is 0 Å². The molecule has 1 fully saturated rings. The van der Waals surface area contributed by atoms with Crippen LogP contribution in [0.1, 0.15) is 24.8 Å². The fourth-order valence-electron chi connectivity index (χ4n) is 2.61. The summed E-state index contributed by atoms with van der Waals surface area (Å²) in [7, 11) is 1.89. The molecule has 1 aromatic rings. The van der Waals surface area contributed by atoms with Gasteiger partial charge in [0.05, 0.1) is 6.10 Å². The number of aliphatic hydroxyl groups excluding tert-OH is 1. The number of nitrogens with one attached hydrogen (secondary N) is 1. The number of rotatable bonds is 4. The van der Waals surface area contributed by atoms with Crippen LogP contribution in [-0.2, 0) is 6.54 Å². The van der Waals surface area contributed by atoms with Crippen molar-refractivity contribution in [2.45, 2.75) is 38.0 Å². The molecule has 19 heavy (non-hydrogen) atoms. The maximum Gasteiger partial charge on any atom is 0.231 e. The molecule has 1 aromatic carbocycles. The summed E-state index contributed by atoms with van der Waals surface area (Å²) in [6, 6.07) is 3.80. The molecule has 2 aliphatic rings. The van der Waals surface area contributed by atoms with E-state index in [1.807, 2.05) is 19.2 Å². The Morgan fingerprint density at radius 1 is 1.32 bits per heavy atom. The lowest BCUT2D eigenvalue weighted by Gasteiger charge is -2.20. The Bertz CT molecular complexity index is 463. The van der Waals surface area contributed by atoms with Crippen LogP contribution in [-0.4, -0.2) is 31.2 Å². The standard InChI is InChI=1S/C14H19NO4/c1-15-7-9-5-13-14(18-8-17-13)6-12(9)19-11-4-2-3-10(11)16/h5-6,10-11,15-16H,2-4,7-8H2,1H3. The summed E-state index contributed by atoms with van der Waals surface area (Å²) in [5.41, 5.74) is 1.02. The van der Waals surface area contributed by atoms with E-state index in [0.717, 1.165) is 36.3 Å². The molecule has 2 atom stereocenters. The van der Waals surface area contributed by atoms with E-state index in [1.54, 1.807) is 0 Å². The number of hydrogen-bond donors (Lipinski definition) is 2. The minimum absolute atomic E-state index is 0.115. The first-order valence-corrected chi connectivity index (χ1v) is 6.70. The lowest BCUT2D eigenvalue weighted by Crippen LogP contribution is -2.26. The van der Waals surface area contributed by atoms with Gasteiger partial charge in [-0.05, 0) is 32.4 Å². The monoisotopic (exact) mass is 265 g/mol. The smallest absolute Gasteiger partial charge is 0.231 e. The van der Waals surface area contributed by atoms with Crippen molar-refractivity contribution < 1.29 is 19.3 Å². The van der Waals surface area contributed by atoms with Crippen molar-refractivity contribution in [2.75, 3.05) is 13.8 Å². The first-order chi connectivity index (χ1) is 9.28. The summed E-state index contributed by atoms with van der Waals surface area (Å²) in [6.45, 7) is 0.943. The highest BCUT2D eigenvalue weighted by molar-refractivity contribution is 5.52. The topological polar surface area (TPSA) is 60.0 Å². The van der Waals surface area contributed by atoms with Gasteiger partial charge in [-0.3, -0.25) is 0 Å². The van der Waals surface area contributed by atoms with E-state index in [1.165, 1.54) is 0 Å². The second-order valence-corrected chi connectivity index (χ2v) is 5.00. The second-order valence-electron chi connectivity index (χ2n) is 5.00. The van der Waals surface area contributed by atoms with Crippen LogP contribution in [0.15, 0.2) is 12.1 Å². The van der Waals surface area contributed by atoms with Gasteiger partial charge >= 0.3 is 0 Å². The summed E-state index contributed by atoms with van der Waals surface area (Å²) in [4.78, 5) is 0.